The number of carbonyl (C=O) groups is 1. The summed E-state index contributed by atoms with van der Waals surface area (Å²) in [4.78, 5) is 13.3. The van der Waals surface area contributed by atoms with Gasteiger partial charge in [0, 0.05) is 23.2 Å². The molecule has 0 aliphatic carbocycles. The van der Waals surface area contributed by atoms with Gasteiger partial charge in [-0.15, -0.1) is 10.2 Å². The number of nitrogens with zero attached hydrogens (tertiary/aromatic N) is 4. The average molecular weight is 406 g/mol. The molecule has 6 nitrogen and oxygen atoms in total. The Bertz CT molecular complexity index is 1150. The fourth-order valence-corrected chi connectivity index (χ4v) is 3.88. The van der Waals surface area contributed by atoms with Crippen LogP contribution in [-0.2, 0) is 11.8 Å². The van der Waals surface area contributed by atoms with Crippen molar-refractivity contribution >= 4 is 27.9 Å². The number of anilines is 1. The third kappa shape index (κ3) is 3.91. The summed E-state index contributed by atoms with van der Waals surface area (Å²) in [7, 11) is 0. The molecule has 2 aromatic carbocycles. The molecule has 0 aliphatic heterocycles. The van der Waals surface area contributed by atoms with Gasteiger partial charge in [-0.25, -0.2) is 0 Å². The molecule has 2 heterocycles. The molecule has 0 spiro atoms. The summed E-state index contributed by atoms with van der Waals surface area (Å²) in [5.41, 5.74) is 3.64. The van der Waals surface area contributed by atoms with E-state index in [-0.39, 0.29) is 11.3 Å². The fourth-order valence-electron chi connectivity index (χ4n) is 3.02. The Balaban J connectivity index is 1.48. The van der Waals surface area contributed by atoms with Crippen LogP contribution < -0.4 is 5.32 Å². The zero-order valence-electron chi connectivity index (χ0n) is 16.9. The Morgan fingerprint density at radius 2 is 1.72 bits per heavy atom. The minimum atomic E-state index is -0.121. The van der Waals surface area contributed by atoms with E-state index in [9.17, 15) is 4.79 Å². The summed E-state index contributed by atoms with van der Waals surface area (Å²) in [6.45, 7) is 8.50. The summed E-state index contributed by atoms with van der Waals surface area (Å²) in [6, 6.07) is 15.4. The lowest BCUT2D eigenvalue weighted by molar-refractivity contribution is 0.102. The number of aromatic nitrogens is 4. The maximum absolute atomic E-state index is 12.5. The van der Waals surface area contributed by atoms with E-state index in [2.05, 4.69) is 41.4 Å². The van der Waals surface area contributed by atoms with Crippen LogP contribution in [0.5, 0.6) is 0 Å². The van der Waals surface area contributed by atoms with Crippen molar-refractivity contribution in [1.29, 1.82) is 0 Å². The SMILES string of the molecule is CCc1nnc2sc(-c3ccc(NC(=O)c4ccc(C(C)(C)C)cc4)cc3)nn12. The lowest BCUT2D eigenvalue weighted by Gasteiger charge is -2.19. The lowest BCUT2D eigenvalue weighted by Crippen LogP contribution is -2.14. The minimum absolute atomic E-state index is 0.0657. The lowest BCUT2D eigenvalue weighted by atomic mass is 9.87. The van der Waals surface area contributed by atoms with E-state index >= 15 is 0 Å². The molecule has 4 aromatic rings. The monoisotopic (exact) mass is 405 g/mol. The van der Waals surface area contributed by atoms with Crippen LogP contribution in [-0.4, -0.2) is 25.7 Å². The maximum atomic E-state index is 12.5. The van der Waals surface area contributed by atoms with E-state index in [1.807, 2.05) is 55.5 Å². The highest BCUT2D eigenvalue weighted by Crippen LogP contribution is 2.27. The molecular formula is C22H23N5OS. The number of rotatable bonds is 4. The van der Waals surface area contributed by atoms with Crippen LogP contribution in [0.1, 0.15) is 49.4 Å². The summed E-state index contributed by atoms with van der Waals surface area (Å²) < 4.78 is 1.79. The molecule has 0 atom stereocenters. The average Bonchev–Trinajstić information content (AvgIpc) is 3.28. The largest absolute Gasteiger partial charge is 0.322 e. The van der Waals surface area contributed by atoms with Crippen molar-refractivity contribution in [3.63, 3.8) is 0 Å². The van der Waals surface area contributed by atoms with Gasteiger partial charge in [0.15, 0.2) is 5.82 Å². The van der Waals surface area contributed by atoms with Crippen molar-refractivity contribution in [3.8, 4) is 10.6 Å². The third-order valence-electron chi connectivity index (χ3n) is 4.77. The number of fused-ring (bicyclic) bond motifs is 1. The number of hydrogen-bond donors (Lipinski definition) is 1. The molecule has 0 aliphatic rings. The molecule has 7 heteroatoms. The highest BCUT2D eigenvalue weighted by molar-refractivity contribution is 7.19. The van der Waals surface area contributed by atoms with E-state index in [0.29, 0.717) is 5.56 Å². The van der Waals surface area contributed by atoms with E-state index in [1.54, 1.807) is 4.52 Å². The van der Waals surface area contributed by atoms with Gasteiger partial charge in [-0.2, -0.15) is 9.61 Å². The first-order chi connectivity index (χ1) is 13.8. The molecular weight excluding hydrogens is 382 g/mol. The Morgan fingerprint density at radius 1 is 1.03 bits per heavy atom. The predicted molar refractivity (Wildman–Crippen MR) is 117 cm³/mol. The Hall–Kier alpha value is -3.06. The molecule has 148 valence electrons. The first-order valence-corrected chi connectivity index (χ1v) is 10.4. The van der Waals surface area contributed by atoms with Crippen molar-refractivity contribution in [2.24, 2.45) is 0 Å². The maximum Gasteiger partial charge on any atom is 0.255 e. The standard InChI is InChI=1S/C22H23N5OS/c1-5-18-24-25-21-27(18)26-20(29-21)15-8-12-17(13-9-15)23-19(28)14-6-10-16(11-7-14)22(2,3)4/h6-13H,5H2,1-4H3,(H,23,28). The molecule has 1 N–H and O–H groups in total. The molecule has 0 saturated carbocycles. The highest BCUT2D eigenvalue weighted by Gasteiger charge is 2.15. The van der Waals surface area contributed by atoms with Gasteiger partial charge >= 0.3 is 0 Å². The molecule has 29 heavy (non-hydrogen) atoms. The van der Waals surface area contributed by atoms with Gasteiger partial charge in [0.25, 0.3) is 5.91 Å². The van der Waals surface area contributed by atoms with Crippen LogP contribution in [0.3, 0.4) is 0 Å². The Labute approximate surface area is 173 Å². The topological polar surface area (TPSA) is 72.2 Å². The molecule has 0 bridgehead atoms. The number of aryl methyl sites for hydroxylation is 1. The van der Waals surface area contributed by atoms with Crippen molar-refractivity contribution < 1.29 is 4.79 Å². The van der Waals surface area contributed by atoms with Crippen LogP contribution >= 0.6 is 11.3 Å². The van der Waals surface area contributed by atoms with Crippen LogP contribution in [0.15, 0.2) is 48.5 Å². The summed E-state index contributed by atoms with van der Waals surface area (Å²) >= 11 is 1.50. The second-order valence-corrected chi connectivity index (χ2v) is 8.89. The third-order valence-corrected chi connectivity index (χ3v) is 5.72. The molecule has 2 aromatic heterocycles. The molecule has 0 radical (unpaired) electrons. The van der Waals surface area contributed by atoms with E-state index in [0.717, 1.165) is 33.5 Å². The second kappa shape index (κ2) is 7.40. The number of amides is 1. The van der Waals surface area contributed by atoms with Gasteiger partial charge in [-0.1, -0.05) is 51.2 Å². The van der Waals surface area contributed by atoms with Crippen LogP contribution in [0.25, 0.3) is 15.5 Å². The van der Waals surface area contributed by atoms with Crippen molar-refractivity contribution in [3.05, 3.63) is 65.5 Å². The molecule has 0 unspecified atom stereocenters. The van der Waals surface area contributed by atoms with E-state index in [1.165, 1.54) is 16.9 Å². The molecule has 1 amide bonds. The van der Waals surface area contributed by atoms with Crippen LogP contribution in [0.2, 0.25) is 0 Å². The van der Waals surface area contributed by atoms with Gasteiger partial charge < -0.3 is 5.32 Å². The summed E-state index contributed by atoms with van der Waals surface area (Å²) in [5.74, 6) is 0.730. The number of carbonyl (C=O) groups excluding carboxylic acids is 1. The van der Waals surface area contributed by atoms with Crippen molar-refractivity contribution in [2.45, 2.75) is 39.5 Å². The molecule has 4 rings (SSSR count). The first kappa shape index (κ1) is 19.3. The highest BCUT2D eigenvalue weighted by atomic mass is 32.1. The summed E-state index contributed by atoms with van der Waals surface area (Å²) in [6.07, 6.45) is 0.784. The van der Waals surface area contributed by atoms with E-state index in [4.69, 9.17) is 0 Å². The zero-order valence-corrected chi connectivity index (χ0v) is 17.7. The zero-order chi connectivity index (χ0) is 20.6. The second-order valence-electron chi connectivity index (χ2n) is 7.93. The molecule has 0 fully saturated rings. The number of nitrogens with one attached hydrogen (secondary N) is 1. The van der Waals surface area contributed by atoms with Gasteiger partial charge in [0.1, 0.15) is 5.01 Å². The van der Waals surface area contributed by atoms with Gasteiger partial charge in [0.05, 0.1) is 0 Å². The normalized spacial score (nSPS) is 11.7. The first-order valence-electron chi connectivity index (χ1n) is 9.58. The van der Waals surface area contributed by atoms with E-state index < -0.39 is 0 Å². The predicted octanol–water partition coefficient (Wildman–Crippen LogP) is 4.97. The molecule has 0 saturated heterocycles. The Morgan fingerprint density at radius 3 is 2.34 bits per heavy atom. The number of benzene rings is 2. The van der Waals surface area contributed by atoms with Crippen LogP contribution in [0, 0.1) is 0 Å². The van der Waals surface area contributed by atoms with Gasteiger partial charge in [-0.05, 0) is 47.4 Å². The minimum Gasteiger partial charge on any atom is -0.322 e. The smallest absolute Gasteiger partial charge is 0.255 e. The number of hydrogen-bond acceptors (Lipinski definition) is 5. The van der Waals surface area contributed by atoms with Crippen LogP contribution in [0.4, 0.5) is 5.69 Å². The van der Waals surface area contributed by atoms with Crippen molar-refractivity contribution in [1.82, 2.24) is 19.8 Å². The quantitative estimate of drug-likeness (QED) is 0.521. The van der Waals surface area contributed by atoms with Crippen molar-refractivity contribution in [2.75, 3.05) is 5.32 Å². The Kier molecular flexibility index (Phi) is 4.92. The van der Waals surface area contributed by atoms with Gasteiger partial charge in [0.2, 0.25) is 4.96 Å². The summed E-state index contributed by atoms with van der Waals surface area (Å²) in [5, 5.41) is 16.7. The van der Waals surface area contributed by atoms with Gasteiger partial charge in [-0.3, -0.25) is 4.79 Å². The fraction of sp³-hybridized carbons (Fsp3) is 0.273.